The second-order valence-electron chi connectivity index (χ2n) is 8.21. The first-order chi connectivity index (χ1) is 12.0. The van der Waals surface area contributed by atoms with Gasteiger partial charge >= 0.3 is 0 Å². The maximum atomic E-state index is 5.90. The molecule has 3 fully saturated rings. The van der Waals surface area contributed by atoms with Crippen LogP contribution in [0, 0.1) is 11.3 Å². The molecule has 4 nitrogen and oxygen atoms in total. The number of nitrogens with one attached hydrogen (secondary N) is 2. The van der Waals surface area contributed by atoms with E-state index in [2.05, 4.69) is 59.8 Å². The van der Waals surface area contributed by atoms with Crippen LogP contribution in [0.2, 0.25) is 0 Å². The third-order valence-corrected chi connectivity index (χ3v) is 7.57. The van der Waals surface area contributed by atoms with Crippen molar-refractivity contribution in [3.05, 3.63) is 30.3 Å². The fraction of sp³-hybridized carbons (Fsp3) is 0.650. The fourth-order valence-electron chi connectivity index (χ4n) is 4.40. The van der Waals surface area contributed by atoms with Crippen LogP contribution in [0.4, 0.5) is 0 Å². The minimum absolute atomic E-state index is 0.175. The quantitative estimate of drug-likeness (QED) is 0.625. The zero-order valence-corrected chi connectivity index (χ0v) is 16.2. The van der Waals surface area contributed by atoms with Crippen LogP contribution in [0.25, 0.3) is 0 Å². The highest BCUT2D eigenvalue weighted by molar-refractivity contribution is 8.01. The Bertz CT molecular complexity index is 642. The highest BCUT2D eigenvalue weighted by atomic mass is 32.2. The molecule has 0 aromatic heterocycles. The van der Waals surface area contributed by atoms with Crippen molar-refractivity contribution < 1.29 is 4.74 Å². The van der Waals surface area contributed by atoms with Gasteiger partial charge in [0.15, 0.2) is 5.96 Å². The summed E-state index contributed by atoms with van der Waals surface area (Å²) in [4.78, 5) is 5.83. The van der Waals surface area contributed by atoms with E-state index in [1.807, 2.05) is 18.8 Å². The van der Waals surface area contributed by atoms with Crippen LogP contribution in [0.1, 0.15) is 33.1 Å². The number of hydrogen-bond donors (Lipinski definition) is 2. The van der Waals surface area contributed by atoms with Crippen LogP contribution < -0.4 is 10.6 Å². The third-order valence-electron chi connectivity index (χ3n) is 6.08. The molecule has 0 bridgehead atoms. The molecular weight excluding hydrogens is 330 g/mol. The largest absolute Gasteiger partial charge is 0.377 e. The van der Waals surface area contributed by atoms with E-state index in [-0.39, 0.29) is 5.41 Å². The Morgan fingerprint density at radius 2 is 2.04 bits per heavy atom. The Morgan fingerprint density at radius 1 is 1.28 bits per heavy atom. The first-order valence-corrected chi connectivity index (χ1v) is 10.2. The van der Waals surface area contributed by atoms with Crippen molar-refractivity contribution in [1.29, 1.82) is 0 Å². The molecule has 1 saturated heterocycles. The van der Waals surface area contributed by atoms with Crippen LogP contribution in [0.3, 0.4) is 0 Å². The summed E-state index contributed by atoms with van der Waals surface area (Å²) in [6, 6.07) is 11.2. The lowest BCUT2D eigenvalue weighted by Gasteiger charge is -2.55. The summed E-state index contributed by atoms with van der Waals surface area (Å²) in [6.07, 6.45) is 4.11. The minimum atomic E-state index is 0.175. The number of guanidine groups is 1. The van der Waals surface area contributed by atoms with Gasteiger partial charge in [0, 0.05) is 47.2 Å². The van der Waals surface area contributed by atoms with Gasteiger partial charge < -0.3 is 15.4 Å². The van der Waals surface area contributed by atoms with E-state index in [1.165, 1.54) is 17.7 Å². The molecule has 3 atom stereocenters. The molecule has 1 aromatic rings. The predicted octanol–water partition coefficient (Wildman–Crippen LogP) is 3.29. The Morgan fingerprint density at radius 3 is 2.72 bits per heavy atom. The number of thioether (sulfide) groups is 1. The molecule has 0 amide bonds. The lowest BCUT2D eigenvalue weighted by molar-refractivity contribution is -0.106. The third kappa shape index (κ3) is 3.28. The molecule has 1 aliphatic heterocycles. The number of aliphatic imine (C=N–C) groups is 1. The SMILES string of the molecule is CN=C(NCC1(Sc2ccccc2)CC1)NC1C2CCOC2C1(C)C. The zero-order valence-electron chi connectivity index (χ0n) is 15.4. The van der Waals surface area contributed by atoms with E-state index in [4.69, 9.17) is 4.74 Å². The lowest BCUT2D eigenvalue weighted by Crippen LogP contribution is -2.68. The molecule has 1 heterocycles. The van der Waals surface area contributed by atoms with Crippen LogP contribution >= 0.6 is 11.8 Å². The van der Waals surface area contributed by atoms with Gasteiger partial charge in [-0.1, -0.05) is 32.0 Å². The summed E-state index contributed by atoms with van der Waals surface area (Å²) in [5, 5.41) is 7.27. The average Bonchev–Trinajstić information content (AvgIpc) is 3.21. The molecule has 3 aliphatic rings. The maximum absolute atomic E-state index is 5.90. The standard InChI is InChI=1S/C20H29N3OS/c1-19(2)16(15-9-12-24-17(15)19)23-18(21-3)22-13-20(10-11-20)25-14-7-5-4-6-8-14/h4-8,15-17H,9-13H2,1-3H3,(H2,21,22,23). The van der Waals surface area contributed by atoms with E-state index in [1.54, 1.807) is 0 Å². The van der Waals surface area contributed by atoms with Crippen LogP contribution in [0.15, 0.2) is 40.2 Å². The molecular formula is C20H29N3OS. The first kappa shape index (κ1) is 17.2. The smallest absolute Gasteiger partial charge is 0.191 e. The number of fused-ring (bicyclic) bond motifs is 1. The number of nitrogens with zero attached hydrogens (tertiary/aromatic N) is 1. The van der Waals surface area contributed by atoms with E-state index in [0.29, 0.717) is 22.8 Å². The molecule has 5 heteroatoms. The summed E-state index contributed by atoms with van der Waals surface area (Å²) in [7, 11) is 1.87. The fourth-order valence-corrected chi connectivity index (χ4v) is 5.64. The topological polar surface area (TPSA) is 45.7 Å². The van der Waals surface area contributed by atoms with E-state index < -0.39 is 0 Å². The molecule has 25 heavy (non-hydrogen) atoms. The summed E-state index contributed by atoms with van der Waals surface area (Å²) >= 11 is 2.00. The molecule has 136 valence electrons. The second kappa shape index (κ2) is 6.51. The molecule has 2 saturated carbocycles. The molecule has 1 aromatic carbocycles. The van der Waals surface area contributed by atoms with E-state index in [0.717, 1.165) is 25.5 Å². The van der Waals surface area contributed by atoms with Crippen molar-refractivity contribution >= 4 is 17.7 Å². The monoisotopic (exact) mass is 359 g/mol. The Hall–Kier alpha value is -1.20. The number of benzene rings is 1. The van der Waals surface area contributed by atoms with Gasteiger partial charge in [-0.15, -0.1) is 11.8 Å². The Labute approximate surface area is 155 Å². The lowest BCUT2D eigenvalue weighted by atomic mass is 9.57. The van der Waals surface area contributed by atoms with Gasteiger partial charge in [0.2, 0.25) is 0 Å². The van der Waals surface area contributed by atoms with Crippen molar-refractivity contribution in [3.8, 4) is 0 Å². The van der Waals surface area contributed by atoms with E-state index in [9.17, 15) is 0 Å². The Balaban J connectivity index is 1.32. The second-order valence-corrected chi connectivity index (χ2v) is 9.75. The van der Waals surface area contributed by atoms with Crippen LogP contribution in [0.5, 0.6) is 0 Å². The van der Waals surface area contributed by atoms with Crippen LogP contribution in [-0.4, -0.2) is 43.1 Å². The highest BCUT2D eigenvalue weighted by Crippen LogP contribution is 2.52. The molecule has 0 radical (unpaired) electrons. The van der Waals surface area contributed by atoms with Crippen molar-refractivity contribution in [3.63, 3.8) is 0 Å². The zero-order chi connectivity index (χ0) is 17.5. The predicted molar refractivity (Wildman–Crippen MR) is 104 cm³/mol. The summed E-state index contributed by atoms with van der Waals surface area (Å²) in [6.45, 7) is 6.47. The highest BCUT2D eigenvalue weighted by Gasteiger charge is 2.59. The van der Waals surface area contributed by atoms with Gasteiger partial charge in [-0.2, -0.15) is 0 Å². The van der Waals surface area contributed by atoms with Gasteiger partial charge in [-0.25, -0.2) is 0 Å². The minimum Gasteiger partial charge on any atom is -0.377 e. The van der Waals surface area contributed by atoms with Gasteiger partial charge in [0.25, 0.3) is 0 Å². The van der Waals surface area contributed by atoms with Gasteiger partial charge in [-0.05, 0) is 31.4 Å². The van der Waals surface area contributed by atoms with E-state index >= 15 is 0 Å². The van der Waals surface area contributed by atoms with Crippen molar-refractivity contribution in [2.24, 2.45) is 16.3 Å². The van der Waals surface area contributed by atoms with Crippen molar-refractivity contribution in [2.45, 2.75) is 54.9 Å². The summed E-state index contributed by atoms with van der Waals surface area (Å²) < 4.78 is 6.23. The number of ether oxygens (including phenoxy) is 1. The van der Waals surface area contributed by atoms with Crippen LogP contribution in [-0.2, 0) is 4.74 Å². The molecule has 3 unspecified atom stereocenters. The van der Waals surface area contributed by atoms with Gasteiger partial charge in [-0.3, -0.25) is 4.99 Å². The molecule has 4 rings (SSSR count). The maximum Gasteiger partial charge on any atom is 0.191 e. The first-order valence-electron chi connectivity index (χ1n) is 9.37. The normalized spacial score (nSPS) is 31.8. The number of hydrogen-bond acceptors (Lipinski definition) is 3. The van der Waals surface area contributed by atoms with Crippen molar-refractivity contribution in [2.75, 3.05) is 20.2 Å². The van der Waals surface area contributed by atoms with Gasteiger partial charge in [0.1, 0.15) is 0 Å². The average molecular weight is 360 g/mol. The number of rotatable bonds is 5. The summed E-state index contributed by atoms with van der Waals surface area (Å²) in [5.74, 6) is 1.56. The van der Waals surface area contributed by atoms with Crippen molar-refractivity contribution in [1.82, 2.24) is 10.6 Å². The summed E-state index contributed by atoms with van der Waals surface area (Å²) in [5.41, 5.74) is 0.175. The molecule has 2 aliphatic carbocycles. The van der Waals surface area contributed by atoms with Gasteiger partial charge in [0.05, 0.1) is 6.10 Å². The molecule has 0 spiro atoms. The molecule has 2 N–H and O–H groups in total. The Kier molecular flexibility index (Phi) is 4.49.